The molecule has 0 aromatic carbocycles. The number of carbonyl (C=O) groups is 1. The number of hydrogen-bond donors (Lipinski definition) is 5. The summed E-state index contributed by atoms with van der Waals surface area (Å²) in [6.45, 7) is 3.91. The molecule has 0 bridgehead atoms. The molecule has 0 aliphatic carbocycles. The maximum absolute atomic E-state index is 12.7. The summed E-state index contributed by atoms with van der Waals surface area (Å²) in [6, 6.07) is -0.982. The fraction of sp³-hybridized carbons (Fsp3) is 0.865. The molecule has 278 valence electrons. The van der Waals surface area contributed by atoms with Gasteiger partial charge < -0.3 is 26.2 Å². The Morgan fingerprint density at radius 3 is 1.70 bits per heavy atom. The van der Waals surface area contributed by atoms with Crippen molar-refractivity contribution in [1.82, 2.24) is 5.32 Å². The van der Waals surface area contributed by atoms with Gasteiger partial charge in [-0.05, 0) is 44.9 Å². The summed E-state index contributed by atoms with van der Waals surface area (Å²) in [6.07, 6.45) is 32.7. The van der Waals surface area contributed by atoms with E-state index in [1.165, 1.54) is 89.9 Å². The van der Waals surface area contributed by atoms with Crippen molar-refractivity contribution in [2.75, 3.05) is 19.8 Å². The monoisotopic (exact) mass is 689 g/mol. The Hall–Kier alpha value is -1.06. The van der Waals surface area contributed by atoms with Gasteiger partial charge in [0.1, 0.15) is 0 Å². The highest BCUT2D eigenvalue weighted by Gasteiger charge is 2.27. The summed E-state index contributed by atoms with van der Waals surface area (Å²) in [4.78, 5) is 22.6. The Bertz CT molecular complexity index is 812. The number of aliphatic hydroxyl groups excluding tert-OH is 2. The number of unbranched alkanes of at least 4 members (excludes halogenated alkanes) is 19. The van der Waals surface area contributed by atoms with E-state index >= 15 is 0 Å². The van der Waals surface area contributed by atoms with E-state index in [4.69, 9.17) is 14.8 Å². The zero-order valence-electron chi connectivity index (χ0n) is 30.1. The molecule has 10 heteroatoms. The molecule has 47 heavy (non-hydrogen) atoms. The lowest BCUT2D eigenvalue weighted by molar-refractivity contribution is -0.124. The minimum Gasteiger partial charge on any atom is -0.393 e. The van der Waals surface area contributed by atoms with Crippen LogP contribution >= 0.6 is 7.82 Å². The van der Waals surface area contributed by atoms with Crippen LogP contribution in [0.5, 0.6) is 0 Å². The largest absolute Gasteiger partial charge is 0.472 e. The van der Waals surface area contributed by atoms with Crippen molar-refractivity contribution in [1.29, 1.82) is 0 Å². The van der Waals surface area contributed by atoms with Gasteiger partial charge in [0.25, 0.3) is 0 Å². The molecular formula is C37H73N2O7P. The van der Waals surface area contributed by atoms with Gasteiger partial charge in [-0.25, -0.2) is 4.57 Å². The van der Waals surface area contributed by atoms with E-state index < -0.39 is 38.6 Å². The zero-order valence-corrected chi connectivity index (χ0v) is 31.0. The lowest BCUT2D eigenvalue weighted by Gasteiger charge is -2.24. The summed E-state index contributed by atoms with van der Waals surface area (Å²) >= 11 is 0. The molecule has 0 aliphatic rings. The van der Waals surface area contributed by atoms with Crippen LogP contribution in [-0.4, -0.2) is 59.0 Å². The van der Waals surface area contributed by atoms with Gasteiger partial charge >= 0.3 is 7.82 Å². The number of allylic oxidation sites excluding steroid dienone is 3. The van der Waals surface area contributed by atoms with Gasteiger partial charge in [-0.1, -0.05) is 141 Å². The Morgan fingerprint density at radius 1 is 0.723 bits per heavy atom. The van der Waals surface area contributed by atoms with Crippen LogP contribution < -0.4 is 11.1 Å². The molecule has 0 fully saturated rings. The van der Waals surface area contributed by atoms with Crippen LogP contribution in [0.4, 0.5) is 0 Å². The fourth-order valence-corrected chi connectivity index (χ4v) is 6.16. The second-order valence-electron chi connectivity index (χ2n) is 13.0. The van der Waals surface area contributed by atoms with Crippen LogP contribution in [0.2, 0.25) is 0 Å². The number of aliphatic hydroxyl groups is 2. The van der Waals surface area contributed by atoms with Gasteiger partial charge in [-0.2, -0.15) is 0 Å². The number of hydrogen-bond acceptors (Lipinski definition) is 7. The number of rotatable bonds is 35. The molecule has 0 aliphatic heterocycles. The zero-order chi connectivity index (χ0) is 34.9. The summed E-state index contributed by atoms with van der Waals surface area (Å²) in [5, 5.41) is 23.8. The third-order valence-electron chi connectivity index (χ3n) is 8.33. The number of amides is 1. The third-order valence-corrected chi connectivity index (χ3v) is 9.31. The molecule has 0 radical (unpaired) electrons. The maximum atomic E-state index is 12.7. The molecule has 1 amide bonds. The SMILES string of the molecule is CCCCCCCCC/C=C/C(O)C(COP(=O)(O)OCCN)NC(=O)CC(O)CCCCC/C=C\CCCCCCCCCCC. The van der Waals surface area contributed by atoms with E-state index in [0.29, 0.717) is 6.42 Å². The van der Waals surface area contributed by atoms with E-state index in [9.17, 15) is 24.5 Å². The first-order valence-corrected chi connectivity index (χ1v) is 20.5. The normalized spacial score (nSPS) is 15.3. The molecule has 0 spiro atoms. The predicted molar refractivity (Wildman–Crippen MR) is 195 cm³/mol. The van der Waals surface area contributed by atoms with Crippen LogP contribution in [0, 0.1) is 0 Å². The quantitative estimate of drug-likeness (QED) is 0.0252. The summed E-state index contributed by atoms with van der Waals surface area (Å²) in [5.74, 6) is -0.458. The average Bonchev–Trinajstić information content (AvgIpc) is 3.04. The molecule has 0 rings (SSSR count). The maximum Gasteiger partial charge on any atom is 0.472 e. The van der Waals surface area contributed by atoms with Crippen LogP contribution in [-0.2, 0) is 18.4 Å². The first-order chi connectivity index (χ1) is 22.8. The molecule has 9 nitrogen and oxygen atoms in total. The van der Waals surface area contributed by atoms with Crippen molar-refractivity contribution in [2.45, 2.75) is 186 Å². The summed E-state index contributed by atoms with van der Waals surface area (Å²) < 4.78 is 21.9. The Morgan fingerprint density at radius 2 is 1.19 bits per heavy atom. The minimum atomic E-state index is -4.39. The highest BCUT2D eigenvalue weighted by atomic mass is 31.2. The molecule has 0 aromatic heterocycles. The first-order valence-electron chi connectivity index (χ1n) is 19.0. The van der Waals surface area contributed by atoms with Crippen molar-refractivity contribution in [2.24, 2.45) is 5.73 Å². The number of nitrogens with one attached hydrogen (secondary N) is 1. The van der Waals surface area contributed by atoms with Gasteiger partial charge in [-0.15, -0.1) is 0 Å². The summed E-state index contributed by atoms with van der Waals surface area (Å²) in [5.41, 5.74) is 5.33. The molecule has 0 saturated heterocycles. The van der Waals surface area contributed by atoms with Gasteiger partial charge in [-0.3, -0.25) is 13.8 Å². The Kier molecular flexibility index (Phi) is 32.7. The van der Waals surface area contributed by atoms with E-state index in [-0.39, 0.29) is 19.6 Å². The molecular weight excluding hydrogens is 615 g/mol. The standard InChI is InChI=1S/C37H73N2O7P/c1-3-5-7-9-11-13-14-15-16-17-18-19-21-22-24-26-28-34(40)32-37(42)39-35(33-46-47(43,44)45-31-30-38)36(41)29-27-25-23-20-12-10-8-6-4-2/h18-19,27,29,34-36,40-41H,3-17,20-26,28,30-33,38H2,1-2H3,(H,39,42)(H,43,44)/b19-18-,29-27+. The number of nitrogens with two attached hydrogens (primary N) is 1. The molecule has 0 heterocycles. The predicted octanol–water partition coefficient (Wildman–Crippen LogP) is 8.80. The van der Waals surface area contributed by atoms with Crippen molar-refractivity contribution in [3.8, 4) is 0 Å². The van der Waals surface area contributed by atoms with Crippen molar-refractivity contribution >= 4 is 13.7 Å². The highest BCUT2D eigenvalue weighted by Crippen LogP contribution is 2.43. The molecule has 4 unspecified atom stereocenters. The molecule has 4 atom stereocenters. The fourth-order valence-electron chi connectivity index (χ4n) is 5.40. The highest BCUT2D eigenvalue weighted by molar-refractivity contribution is 7.47. The topological polar surface area (TPSA) is 151 Å². The van der Waals surface area contributed by atoms with Crippen LogP contribution in [0.3, 0.4) is 0 Å². The number of phosphoric acid groups is 1. The minimum absolute atomic E-state index is 0.0476. The Balaban J connectivity index is 4.36. The van der Waals surface area contributed by atoms with E-state index in [0.717, 1.165) is 51.4 Å². The summed E-state index contributed by atoms with van der Waals surface area (Å²) in [7, 11) is -4.39. The van der Waals surface area contributed by atoms with Crippen molar-refractivity contribution in [3.05, 3.63) is 24.3 Å². The van der Waals surface area contributed by atoms with E-state index in [1.54, 1.807) is 6.08 Å². The molecule has 0 saturated carbocycles. The smallest absolute Gasteiger partial charge is 0.393 e. The lowest BCUT2D eigenvalue weighted by Crippen LogP contribution is -2.46. The van der Waals surface area contributed by atoms with Crippen LogP contribution in [0.1, 0.15) is 168 Å². The average molecular weight is 689 g/mol. The van der Waals surface area contributed by atoms with Gasteiger partial charge in [0.05, 0.1) is 37.9 Å². The second-order valence-corrected chi connectivity index (χ2v) is 14.4. The van der Waals surface area contributed by atoms with E-state index in [1.807, 2.05) is 6.08 Å². The second kappa shape index (κ2) is 33.4. The third kappa shape index (κ3) is 31.9. The first kappa shape index (κ1) is 45.9. The molecule has 6 N–H and O–H groups in total. The number of carbonyl (C=O) groups excluding carboxylic acids is 1. The van der Waals surface area contributed by atoms with Gasteiger partial charge in [0.15, 0.2) is 0 Å². The molecule has 0 aromatic rings. The number of phosphoric ester groups is 1. The van der Waals surface area contributed by atoms with Crippen LogP contribution in [0.15, 0.2) is 24.3 Å². The van der Waals surface area contributed by atoms with Crippen LogP contribution in [0.25, 0.3) is 0 Å². The van der Waals surface area contributed by atoms with Crippen molar-refractivity contribution in [3.63, 3.8) is 0 Å². The van der Waals surface area contributed by atoms with Gasteiger partial charge in [0, 0.05) is 6.54 Å². The van der Waals surface area contributed by atoms with Crippen molar-refractivity contribution < 1.29 is 33.5 Å². The van der Waals surface area contributed by atoms with E-state index in [2.05, 4.69) is 31.3 Å². The van der Waals surface area contributed by atoms with Gasteiger partial charge in [0.2, 0.25) is 5.91 Å². The Labute approximate surface area is 288 Å². The lowest BCUT2D eigenvalue weighted by atomic mass is 10.0.